The second-order valence-corrected chi connectivity index (χ2v) is 6.19. The van der Waals surface area contributed by atoms with Crippen molar-refractivity contribution in [1.29, 1.82) is 0 Å². The molecule has 0 bridgehead atoms. The third-order valence-corrected chi connectivity index (χ3v) is 3.94. The van der Waals surface area contributed by atoms with Crippen LogP contribution in [-0.4, -0.2) is 10.9 Å². The summed E-state index contributed by atoms with van der Waals surface area (Å²) in [5.74, 6) is 0.0506. The molecule has 0 atom stereocenters. The summed E-state index contributed by atoms with van der Waals surface area (Å²) in [6.07, 6.45) is 0.914. The number of halogens is 1. The van der Waals surface area contributed by atoms with E-state index >= 15 is 0 Å². The van der Waals surface area contributed by atoms with Gasteiger partial charge in [0.1, 0.15) is 0 Å². The maximum Gasteiger partial charge on any atom is 0.175 e. The highest BCUT2D eigenvalue weighted by molar-refractivity contribution is 9.10. The van der Waals surface area contributed by atoms with Crippen molar-refractivity contribution >= 4 is 50.4 Å². The molecule has 2 N–H and O–H groups in total. The molecule has 0 spiro atoms. The molecule has 0 saturated heterocycles. The van der Waals surface area contributed by atoms with Crippen LogP contribution in [0.1, 0.15) is 29.8 Å². The van der Waals surface area contributed by atoms with E-state index in [0.717, 1.165) is 22.3 Å². The molecular formula is C17H17BrN2OS. The van der Waals surface area contributed by atoms with Crippen molar-refractivity contribution in [3.05, 3.63) is 58.1 Å². The number of aryl methyl sites for hydroxylation is 1. The van der Waals surface area contributed by atoms with Gasteiger partial charge in [0.25, 0.3) is 0 Å². The average molecular weight is 377 g/mol. The van der Waals surface area contributed by atoms with Crippen LogP contribution in [0, 0.1) is 0 Å². The van der Waals surface area contributed by atoms with Crippen molar-refractivity contribution in [2.24, 2.45) is 0 Å². The van der Waals surface area contributed by atoms with Gasteiger partial charge in [-0.25, -0.2) is 0 Å². The Labute approximate surface area is 144 Å². The number of carbonyl (C=O) groups excluding carboxylic acids is 1. The minimum absolute atomic E-state index is 0.0506. The van der Waals surface area contributed by atoms with Crippen LogP contribution in [0.3, 0.4) is 0 Å². The second kappa shape index (κ2) is 7.51. The van der Waals surface area contributed by atoms with Crippen molar-refractivity contribution in [3.63, 3.8) is 0 Å². The van der Waals surface area contributed by atoms with E-state index in [1.165, 1.54) is 5.56 Å². The lowest BCUT2D eigenvalue weighted by Crippen LogP contribution is -2.19. The van der Waals surface area contributed by atoms with Crippen molar-refractivity contribution in [2.75, 3.05) is 10.6 Å². The zero-order chi connectivity index (χ0) is 16.1. The van der Waals surface area contributed by atoms with Crippen LogP contribution < -0.4 is 10.6 Å². The molecule has 3 nitrogen and oxygen atoms in total. The first-order chi connectivity index (χ1) is 10.5. The number of ketones is 1. The van der Waals surface area contributed by atoms with E-state index in [1.807, 2.05) is 24.3 Å². The van der Waals surface area contributed by atoms with Gasteiger partial charge in [-0.05, 0) is 73.6 Å². The number of anilines is 2. The molecule has 2 aromatic rings. The van der Waals surface area contributed by atoms with Crippen LogP contribution in [0.4, 0.5) is 11.4 Å². The molecule has 0 aliphatic heterocycles. The summed E-state index contributed by atoms with van der Waals surface area (Å²) in [5.41, 5.74) is 3.71. The number of nitrogens with one attached hydrogen (secondary N) is 2. The summed E-state index contributed by atoms with van der Waals surface area (Å²) in [6, 6.07) is 13.3. The van der Waals surface area contributed by atoms with Gasteiger partial charge in [-0.3, -0.25) is 4.79 Å². The van der Waals surface area contributed by atoms with Crippen molar-refractivity contribution < 1.29 is 4.79 Å². The van der Waals surface area contributed by atoms with Crippen LogP contribution in [0.5, 0.6) is 0 Å². The number of Topliss-reactive ketones (excluding diaryl/α,β-unsaturated/α-hetero) is 1. The van der Waals surface area contributed by atoms with E-state index in [2.05, 4.69) is 39.6 Å². The Morgan fingerprint density at radius 2 is 1.82 bits per heavy atom. The van der Waals surface area contributed by atoms with Gasteiger partial charge in [0.05, 0.1) is 0 Å². The summed E-state index contributed by atoms with van der Waals surface area (Å²) in [5, 5.41) is 6.85. The first kappa shape index (κ1) is 16.6. The van der Waals surface area contributed by atoms with Gasteiger partial charge in [-0.1, -0.05) is 22.9 Å². The van der Waals surface area contributed by atoms with E-state index in [4.69, 9.17) is 12.2 Å². The maximum atomic E-state index is 11.3. The first-order valence-electron chi connectivity index (χ1n) is 6.97. The summed E-state index contributed by atoms with van der Waals surface area (Å²) >= 11 is 8.81. The molecule has 0 aliphatic carbocycles. The number of carbonyl (C=O) groups is 1. The van der Waals surface area contributed by atoms with Gasteiger partial charge in [-0.15, -0.1) is 0 Å². The third kappa shape index (κ3) is 4.39. The zero-order valence-corrected chi connectivity index (χ0v) is 14.8. The number of hydrogen-bond donors (Lipinski definition) is 2. The average Bonchev–Trinajstić information content (AvgIpc) is 2.49. The molecule has 2 rings (SSSR count). The highest BCUT2D eigenvalue weighted by Crippen LogP contribution is 2.22. The fourth-order valence-electron chi connectivity index (χ4n) is 2.05. The molecule has 2 aromatic carbocycles. The predicted molar refractivity (Wildman–Crippen MR) is 99.8 cm³/mol. The minimum atomic E-state index is 0.0506. The molecule has 0 fully saturated rings. The molecule has 114 valence electrons. The first-order valence-corrected chi connectivity index (χ1v) is 8.17. The Morgan fingerprint density at radius 1 is 1.14 bits per heavy atom. The van der Waals surface area contributed by atoms with Gasteiger partial charge in [0, 0.05) is 21.4 Å². The monoisotopic (exact) mass is 376 g/mol. The highest BCUT2D eigenvalue weighted by atomic mass is 79.9. The van der Waals surface area contributed by atoms with Crippen LogP contribution in [0.2, 0.25) is 0 Å². The smallest absolute Gasteiger partial charge is 0.175 e. The lowest BCUT2D eigenvalue weighted by molar-refractivity contribution is 0.101. The topological polar surface area (TPSA) is 41.1 Å². The molecule has 0 saturated carbocycles. The van der Waals surface area contributed by atoms with E-state index in [1.54, 1.807) is 19.1 Å². The Kier molecular flexibility index (Phi) is 5.69. The largest absolute Gasteiger partial charge is 0.332 e. The van der Waals surface area contributed by atoms with Crippen LogP contribution >= 0.6 is 28.1 Å². The summed E-state index contributed by atoms with van der Waals surface area (Å²) < 4.78 is 1.05. The third-order valence-electron chi connectivity index (χ3n) is 3.25. The number of hydrogen-bond acceptors (Lipinski definition) is 2. The van der Waals surface area contributed by atoms with Crippen molar-refractivity contribution in [1.82, 2.24) is 0 Å². The fraction of sp³-hybridized carbons (Fsp3) is 0.176. The molecule has 22 heavy (non-hydrogen) atoms. The van der Waals surface area contributed by atoms with Crippen molar-refractivity contribution in [3.8, 4) is 0 Å². The maximum absolute atomic E-state index is 11.3. The van der Waals surface area contributed by atoms with Gasteiger partial charge >= 0.3 is 0 Å². The number of thiocarbonyl (C=S) groups is 1. The van der Waals surface area contributed by atoms with E-state index in [9.17, 15) is 4.79 Å². The van der Waals surface area contributed by atoms with Crippen molar-refractivity contribution in [2.45, 2.75) is 20.3 Å². The lowest BCUT2D eigenvalue weighted by Gasteiger charge is -2.14. The Hall–Kier alpha value is -1.72. The lowest BCUT2D eigenvalue weighted by atomic mass is 10.1. The Bertz CT molecular complexity index is 698. The summed E-state index contributed by atoms with van der Waals surface area (Å²) in [7, 11) is 0. The van der Waals surface area contributed by atoms with Gasteiger partial charge in [0.2, 0.25) is 0 Å². The molecule has 0 aliphatic rings. The quantitative estimate of drug-likeness (QED) is 0.580. The zero-order valence-electron chi connectivity index (χ0n) is 12.4. The van der Waals surface area contributed by atoms with Crippen LogP contribution in [0.15, 0.2) is 46.9 Å². The van der Waals surface area contributed by atoms with Gasteiger partial charge in [-0.2, -0.15) is 0 Å². The summed E-state index contributed by atoms with van der Waals surface area (Å²) in [4.78, 5) is 11.3. The second-order valence-electron chi connectivity index (χ2n) is 4.87. The molecule has 0 unspecified atom stereocenters. The molecule has 0 amide bonds. The SMILES string of the molecule is CCc1cc(Br)ccc1NC(=S)Nc1ccc(C(C)=O)cc1. The predicted octanol–water partition coefficient (Wildman–Crippen LogP) is 5.02. The minimum Gasteiger partial charge on any atom is -0.332 e. The molecule has 0 heterocycles. The van der Waals surface area contributed by atoms with E-state index in [-0.39, 0.29) is 5.78 Å². The Balaban J connectivity index is 2.05. The Morgan fingerprint density at radius 3 is 2.41 bits per heavy atom. The van der Waals surface area contributed by atoms with Gasteiger partial charge < -0.3 is 10.6 Å². The fourth-order valence-corrected chi connectivity index (χ4v) is 2.69. The van der Waals surface area contributed by atoms with E-state index < -0.39 is 0 Å². The highest BCUT2D eigenvalue weighted by Gasteiger charge is 2.05. The standard InChI is InChI=1S/C17H17BrN2OS/c1-3-12-10-14(18)6-9-16(12)20-17(22)19-15-7-4-13(5-8-15)11(2)21/h4-10H,3H2,1-2H3,(H2,19,20,22). The van der Waals surface area contributed by atoms with E-state index in [0.29, 0.717) is 10.7 Å². The normalized spacial score (nSPS) is 10.1. The molecule has 0 radical (unpaired) electrons. The van der Waals surface area contributed by atoms with Gasteiger partial charge in [0.15, 0.2) is 10.9 Å². The summed E-state index contributed by atoms with van der Waals surface area (Å²) in [6.45, 7) is 3.65. The molecular weight excluding hydrogens is 360 g/mol. The van der Waals surface area contributed by atoms with Crippen LogP contribution in [0.25, 0.3) is 0 Å². The molecule has 5 heteroatoms. The number of rotatable bonds is 4. The molecule has 0 aromatic heterocycles. The number of benzene rings is 2. The van der Waals surface area contributed by atoms with Crippen LogP contribution in [-0.2, 0) is 6.42 Å².